The van der Waals surface area contributed by atoms with E-state index in [1.54, 1.807) is 59.2 Å². The maximum Gasteiger partial charge on any atom is 0.338 e. The van der Waals surface area contributed by atoms with Crippen molar-refractivity contribution in [1.29, 1.82) is 0 Å². The highest BCUT2D eigenvalue weighted by molar-refractivity contribution is 6.06. The minimum atomic E-state index is -0.894. The molecule has 184 valence electrons. The van der Waals surface area contributed by atoms with Crippen LogP contribution in [0.5, 0.6) is 0 Å². The SMILES string of the molecule is COC1C(OC(=O)c2ccccc2)[C@@H](CO)O[C@H]1n1cnc2c(NC(=O)c3ccccc3)ncnc21. The summed E-state index contributed by atoms with van der Waals surface area (Å²) < 4.78 is 19.0. The predicted molar refractivity (Wildman–Crippen MR) is 127 cm³/mol. The van der Waals surface area contributed by atoms with Crippen LogP contribution in [-0.2, 0) is 14.2 Å². The molecule has 2 unspecified atom stereocenters. The van der Waals surface area contributed by atoms with Crippen LogP contribution in [0.3, 0.4) is 0 Å². The van der Waals surface area contributed by atoms with Crippen molar-refractivity contribution in [2.24, 2.45) is 0 Å². The van der Waals surface area contributed by atoms with Crippen LogP contribution in [0.15, 0.2) is 73.3 Å². The van der Waals surface area contributed by atoms with E-state index in [-0.39, 0.29) is 11.7 Å². The zero-order chi connectivity index (χ0) is 25.1. The highest BCUT2D eigenvalue weighted by atomic mass is 16.6. The number of aliphatic hydroxyl groups excluding tert-OH is 1. The van der Waals surface area contributed by atoms with Crippen molar-refractivity contribution in [1.82, 2.24) is 19.5 Å². The van der Waals surface area contributed by atoms with Crippen molar-refractivity contribution >= 4 is 28.9 Å². The molecule has 11 nitrogen and oxygen atoms in total. The lowest BCUT2D eigenvalue weighted by atomic mass is 10.1. The minimum absolute atomic E-state index is 0.227. The van der Waals surface area contributed by atoms with E-state index in [9.17, 15) is 14.7 Å². The summed E-state index contributed by atoms with van der Waals surface area (Å²) in [5.41, 5.74) is 1.54. The van der Waals surface area contributed by atoms with E-state index < -0.39 is 37.1 Å². The van der Waals surface area contributed by atoms with Crippen LogP contribution in [0.2, 0.25) is 0 Å². The number of rotatable bonds is 7. The number of nitrogens with one attached hydrogen (secondary N) is 1. The third kappa shape index (κ3) is 4.42. The third-order valence-electron chi connectivity index (χ3n) is 5.89. The molecule has 36 heavy (non-hydrogen) atoms. The molecule has 11 heteroatoms. The minimum Gasteiger partial charge on any atom is -0.453 e. The van der Waals surface area contributed by atoms with Crippen molar-refractivity contribution in [3.8, 4) is 0 Å². The molecule has 2 aromatic carbocycles. The average molecular weight is 489 g/mol. The molecule has 1 aliphatic heterocycles. The number of hydrogen-bond acceptors (Lipinski definition) is 9. The normalized spacial score (nSPS) is 21.4. The van der Waals surface area contributed by atoms with Gasteiger partial charge in [-0.25, -0.2) is 19.7 Å². The molecule has 0 radical (unpaired) electrons. The van der Waals surface area contributed by atoms with Crippen LogP contribution in [-0.4, -0.2) is 68.5 Å². The van der Waals surface area contributed by atoms with Gasteiger partial charge >= 0.3 is 5.97 Å². The summed E-state index contributed by atoms with van der Waals surface area (Å²) in [7, 11) is 1.46. The summed E-state index contributed by atoms with van der Waals surface area (Å²) in [6, 6.07) is 17.2. The Labute approximate surface area is 205 Å². The van der Waals surface area contributed by atoms with Crippen LogP contribution in [0.1, 0.15) is 26.9 Å². The highest BCUT2D eigenvalue weighted by Gasteiger charge is 2.48. The predicted octanol–water partition coefficient (Wildman–Crippen LogP) is 2.21. The number of aliphatic hydroxyl groups is 1. The van der Waals surface area contributed by atoms with Crippen LogP contribution in [0.25, 0.3) is 11.2 Å². The van der Waals surface area contributed by atoms with Crippen LogP contribution in [0.4, 0.5) is 5.82 Å². The first-order valence-corrected chi connectivity index (χ1v) is 11.2. The molecule has 2 aromatic heterocycles. The molecular formula is C25H23N5O6. The van der Waals surface area contributed by atoms with Gasteiger partial charge in [-0.2, -0.15) is 0 Å². The summed E-state index contributed by atoms with van der Waals surface area (Å²) in [5, 5.41) is 12.7. The largest absolute Gasteiger partial charge is 0.453 e. The second-order valence-corrected chi connectivity index (χ2v) is 8.05. The number of aromatic nitrogens is 4. The van der Waals surface area contributed by atoms with Gasteiger partial charge in [-0.3, -0.25) is 9.36 Å². The van der Waals surface area contributed by atoms with Crippen LogP contribution < -0.4 is 5.32 Å². The first-order chi connectivity index (χ1) is 17.6. The Balaban J connectivity index is 1.42. The molecule has 4 atom stereocenters. The first-order valence-electron chi connectivity index (χ1n) is 11.2. The summed E-state index contributed by atoms with van der Waals surface area (Å²) >= 11 is 0. The van der Waals surface area contributed by atoms with Crippen LogP contribution in [0, 0.1) is 0 Å². The van der Waals surface area contributed by atoms with E-state index in [1.807, 2.05) is 6.07 Å². The molecular weight excluding hydrogens is 466 g/mol. The van der Waals surface area contributed by atoms with Gasteiger partial charge < -0.3 is 24.6 Å². The molecule has 3 heterocycles. The lowest BCUT2D eigenvalue weighted by Gasteiger charge is -2.23. The molecule has 2 N–H and O–H groups in total. The zero-order valence-electron chi connectivity index (χ0n) is 19.2. The van der Waals surface area contributed by atoms with E-state index in [0.29, 0.717) is 22.3 Å². The van der Waals surface area contributed by atoms with E-state index in [1.165, 1.54) is 19.8 Å². The van der Waals surface area contributed by atoms with Crippen molar-refractivity contribution in [2.75, 3.05) is 19.0 Å². The molecule has 0 bridgehead atoms. The van der Waals surface area contributed by atoms with Gasteiger partial charge in [-0.05, 0) is 24.3 Å². The molecule has 1 amide bonds. The van der Waals surface area contributed by atoms with Gasteiger partial charge in [0.1, 0.15) is 18.5 Å². The van der Waals surface area contributed by atoms with E-state index in [4.69, 9.17) is 14.2 Å². The summed E-state index contributed by atoms with van der Waals surface area (Å²) in [4.78, 5) is 38.2. The van der Waals surface area contributed by atoms with E-state index >= 15 is 0 Å². The summed E-state index contributed by atoms with van der Waals surface area (Å²) in [6.45, 7) is -0.400. The number of imidazole rings is 1. The molecule has 0 spiro atoms. The fraction of sp³-hybridized carbons (Fsp3) is 0.240. The van der Waals surface area contributed by atoms with E-state index in [0.717, 1.165) is 0 Å². The van der Waals surface area contributed by atoms with E-state index in [2.05, 4.69) is 20.3 Å². The van der Waals surface area contributed by atoms with Gasteiger partial charge in [0, 0.05) is 12.7 Å². The quantitative estimate of drug-likeness (QED) is 0.374. The Bertz CT molecular complexity index is 1360. The highest BCUT2D eigenvalue weighted by Crippen LogP contribution is 2.35. The molecule has 1 saturated heterocycles. The summed E-state index contributed by atoms with van der Waals surface area (Å²) in [5.74, 6) is -0.676. The monoisotopic (exact) mass is 489 g/mol. The average Bonchev–Trinajstić information content (AvgIpc) is 3.51. The number of ether oxygens (including phenoxy) is 3. The number of anilines is 1. The number of fused-ring (bicyclic) bond motifs is 1. The lowest BCUT2D eigenvalue weighted by Crippen LogP contribution is -2.39. The fourth-order valence-corrected chi connectivity index (χ4v) is 4.14. The Morgan fingerprint density at radius 1 is 1.00 bits per heavy atom. The van der Waals surface area contributed by atoms with Gasteiger partial charge in [0.2, 0.25) is 0 Å². The van der Waals surface area contributed by atoms with Crippen molar-refractivity contribution in [3.63, 3.8) is 0 Å². The zero-order valence-corrected chi connectivity index (χ0v) is 19.2. The number of benzene rings is 2. The maximum atomic E-state index is 12.7. The number of carbonyl (C=O) groups excluding carboxylic acids is 2. The standard InChI is InChI=1S/C25H23N5O6/c1-34-20-19(36-25(33)16-10-6-3-7-11-16)17(12-31)35-24(20)30-14-28-18-21(26-13-27-22(18)30)29-23(32)15-8-4-2-5-9-15/h2-11,13-14,17,19-20,24,31H,12H2,1H3,(H,26,27,29,32)/t17-,19?,20?,24-/m1/s1. The summed E-state index contributed by atoms with van der Waals surface area (Å²) in [6.07, 6.45) is -0.556. The molecule has 1 fully saturated rings. The smallest absolute Gasteiger partial charge is 0.338 e. The van der Waals surface area contributed by atoms with Gasteiger partial charge in [-0.1, -0.05) is 36.4 Å². The first kappa shape index (κ1) is 23.5. The van der Waals surface area contributed by atoms with Gasteiger partial charge in [0.05, 0.1) is 18.5 Å². The molecule has 0 saturated carbocycles. The van der Waals surface area contributed by atoms with Gasteiger partial charge in [0.25, 0.3) is 5.91 Å². The Kier molecular flexibility index (Phi) is 6.67. The number of hydrogen-bond donors (Lipinski definition) is 2. The Hall–Kier alpha value is -4.19. The Morgan fingerprint density at radius 3 is 2.36 bits per heavy atom. The van der Waals surface area contributed by atoms with Crippen molar-refractivity contribution in [2.45, 2.75) is 24.5 Å². The second-order valence-electron chi connectivity index (χ2n) is 8.05. The molecule has 4 aromatic rings. The fourth-order valence-electron chi connectivity index (χ4n) is 4.14. The van der Waals surface area contributed by atoms with Gasteiger partial charge in [-0.15, -0.1) is 0 Å². The number of amides is 1. The molecule has 5 rings (SSSR count). The van der Waals surface area contributed by atoms with Crippen molar-refractivity contribution < 1.29 is 28.9 Å². The number of methoxy groups -OCH3 is 1. The number of esters is 1. The van der Waals surface area contributed by atoms with Crippen molar-refractivity contribution in [3.05, 3.63) is 84.4 Å². The lowest BCUT2D eigenvalue weighted by molar-refractivity contribution is -0.0583. The topological polar surface area (TPSA) is 138 Å². The second kappa shape index (κ2) is 10.2. The Morgan fingerprint density at radius 2 is 1.69 bits per heavy atom. The number of carbonyl (C=O) groups is 2. The van der Waals surface area contributed by atoms with Gasteiger partial charge in [0.15, 0.2) is 29.3 Å². The van der Waals surface area contributed by atoms with Crippen LogP contribution >= 0.6 is 0 Å². The third-order valence-corrected chi connectivity index (χ3v) is 5.89. The molecule has 1 aliphatic rings. The number of nitrogens with zero attached hydrogens (tertiary/aromatic N) is 4. The maximum absolute atomic E-state index is 12.7. The molecule has 0 aliphatic carbocycles.